The van der Waals surface area contributed by atoms with Crippen LogP contribution < -0.4 is 0 Å². The van der Waals surface area contributed by atoms with Gasteiger partial charge in [0.25, 0.3) is 0 Å². The average molecular weight is 198 g/mol. The quantitative estimate of drug-likeness (QED) is 0.458. The molecule has 0 aliphatic carbocycles. The second kappa shape index (κ2) is 3.79. The standard InChI is InChI=1S/C9H10O5/c10-2-6-3-12-5-8(6)14-7-1-9(11)13-4-7/h1-2,6,8H,3-5H2. The van der Waals surface area contributed by atoms with Gasteiger partial charge in [0.05, 0.1) is 25.2 Å². The van der Waals surface area contributed by atoms with Crippen molar-refractivity contribution >= 4 is 12.3 Å². The van der Waals surface area contributed by atoms with Crippen LogP contribution in [0.1, 0.15) is 0 Å². The molecule has 5 nitrogen and oxygen atoms in total. The first kappa shape index (κ1) is 9.21. The summed E-state index contributed by atoms with van der Waals surface area (Å²) in [5, 5.41) is 0. The Labute approximate surface area is 80.6 Å². The molecule has 5 heteroatoms. The molecule has 2 aliphatic heterocycles. The van der Waals surface area contributed by atoms with Crippen molar-refractivity contribution in [2.45, 2.75) is 6.10 Å². The van der Waals surface area contributed by atoms with E-state index in [1.54, 1.807) is 0 Å². The van der Waals surface area contributed by atoms with Crippen molar-refractivity contribution in [1.82, 2.24) is 0 Å². The third-order valence-corrected chi connectivity index (χ3v) is 2.18. The zero-order valence-corrected chi connectivity index (χ0v) is 7.47. The van der Waals surface area contributed by atoms with Gasteiger partial charge in [0.1, 0.15) is 24.8 Å². The topological polar surface area (TPSA) is 61.8 Å². The van der Waals surface area contributed by atoms with Crippen molar-refractivity contribution in [3.8, 4) is 0 Å². The second-order valence-corrected chi connectivity index (χ2v) is 3.21. The van der Waals surface area contributed by atoms with Gasteiger partial charge in [0.15, 0.2) is 0 Å². The lowest BCUT2D eigenvalue weighted by Gasteiger charge is -2.14. The minimum absolute atomic E-state index is 0.154. The molecule has 0 saturated carbocycles. The van der Waals surface area contributed by atoms with E-state index < -0.39 is 5.97 Å². The molecule has 0 bridgehead atoms. The van der Waals surface area contributed by atoms with Gasteiger partial charge in [-0.2, -0.15) is 0 Å². The van der Waals surface area contributed by atoms with E-state index >= 15 is 0 Å². The van der Waals surface area contributed by atoms with Crippen molar-refractivity contribution in [2.75, 3.05) is 19.8 Å². The Morgan fingerprint density at radius 2 is 2.36 bits per heavy atom. The highest BCUT2D eigenvalue weighted by Gasteiger charge is 2.31. The van der Waals surface area contributed by atoms with Gasteiger partial charge >= 0.3 is 5.97 Å². The van der Waals surface area contributed by atoms with Gasteiger partial charge in [-0.25, -0.2) is 4.79 Å². The zero-order chi connectivity index (χ0) is 9.97. The van der Waals surface area contributed by atoms with E-state index in [1.807, 2.05) is 0 Å². The van der Waals surface area contributed by atoms with Crippen LogP contribution in [0.4, 0.5) is 0 Å². The smallest absolute Gasteiger partial charge is 0.334 e. The number of carbonyl (C=O) groups excluding carboxylic acids is 2. The summed E-state index contributed by atoms with van der Waals surface area (Å²) in [5.41, 5.74) is 0. The molecule has 2 aliphatic rings. The summed E-state index contributed by atoms with van der Waals surface area (Å²) < 4.78 is 15.2. The van der Waals surface area contributed by atoms with Crippen molar-refractivity contribution in [3.05, 3.63) is 11.8 Å². The first-order valence-corrected chi connectivity index (χ1v) is 4.36. The average Bonchev–Trinajstić information content (AvgIpc) is 2.76. The van der Waals surface area contributed by atoms with Crippen molar-refractivity contribution in [1.29, 1.82) is 0 Å². The summed E-state index contributed by atoms with van der Waals surface area (Å²) >= 11 is 0. The summed E-state index contributed by atoms with van der Waals surface area (Å²) in [7, 11) is 0. The molecule has 2 unspecified atom stereocenters. The molecule has 76 valence electrons. The minimum atomic E-state index is -0.401. The monoisotopic (exact) mass is 198 g/mol. The highest BCUT2D eigenvalue weighted by Crippen LogP contribution is 2.19. The summed E-state index contributed by atoms with van der Waals surface area (Å²) in [4.78, 5) is 21.3. The maximum atomic E-state index is 10.7. The summed E-state index contributed by atoms with van der Waals surface area (Å²) in [6, 6.07) is 0. The van der Waals surface area contributed by atoms with Gasteiger partial charge < -0.3 is 19.0 Å². The molecule has 0 aromatic carbocycles. The highest BCUT2D eigenvalue weighted by molar-refractivity contribution is 5.84. The first-order valence-electron chi connectivity index (χ1n) is 4.36. The van der Waals surface area contributed by atoms with Crippen LogP contribution in [0, 0.1) is 5.92 Å². The second-order valence-electron chi connectivity index (χ2n) is 3.21. The molecule has 1 fully saturated rings. The van der Waals surface area contributed by atoms with E-state index in [2.05, 4.69) is 4.74 Å². The Morgan fingerprint density at radius 1 is 1.50 bits per heavy atom. The zero-order valence-electron chi connectivity index (χ0n) is 7.47. The molecule has 1 saturated heterocycles. The van der Waals surface area contributed by atoms with Crippen molar-refractivity contribution in [2.24, 2.45) is 5.92 Å². The van der Waals surface area contributed by atoms with Crippen LogP contribution in [0.15, 0.2) is 11.8 Å². The number of esters is 1. The Kier molecular flexibility index (Phi) is 2.49. The molecule has 0 N–H and O–H groups in total. The maximum absolute atomic E-state index is 10.7. The normalized spacial score (nSPS) is 31.1. The van der Waals surface area contributed by atoms with Crippen LogP contribution in [-0.4, -0.2) is 38.2 Å². The Hall–Kier alpha value is -1.36. The SMILES string of the molecule is O=CC1COCC1OC1=CC(=O)OC1. The minimum Gasteiger partial charge on any atom is -0.488 e. The van der Waals surface area contributed by atoms with Gasteiger partial charge in [-0.3, -0.25) is 0 Å². The number of hydrogen-bond acceptors (Lipinski definition) is 5. The highest BCUT2D eigenvalue weighted by atomic mass is 16.6. The van der Waals surface area contributed by atoms with Crippen molar-refractivity contribution < 1.29 is 23.8 Å². The lowest BCUT2D eigenvalue weighted by Crippen LogP contribution is -2.23. The van der Waals surface area contributed by atoms with E-state index in [1.165, 1.54) is 6.08 Å². The molecule has 2 atom stereocenters. The third-order valence-electron chi connectivity index (χ3n) is 2.18. The number of rotatable bonds is 3. The van der Waals surface area contributed by atoms with Gasteiger partial charge in [0.2, 0.25) is 0 Å². The number of ether oxygens (including phenoxy) is 3. The largest absolute Gasteiger partial charge is 0.488 e. The van der Waals surface area contributed by atoms with Crippen LogP contribution in [0.2, 0.25) is 0 Å². The predicted octanol–water partition coefficient (Wildman–Crippen LogP) is -0.342. The fourth-order valence-electron chi connectivity index (χ4n) is 1.42. The van der Waals surface area contributed by atoms with Gasteiger partial charge in [-0.15, -0.1) is 0 Å². The van der Waals surface area contributed by atoms with E-state index in [-0.39, 0.29) is 18.6 Å². The van der Waals surface area contributed by atoms with E-state index in [0.717, 1.165) is 6.29 Å². The summed E-state index contributed by atoms with van der Waals surface area (Å²) in [6.07, 6.45) is 1.82. The van der Waals surface area contributed by atoms with Crippen LogP contribution in [0.25, 0.3) is 0 Å². The molecule has 0 aromatic rings. The number of hydrogen-bond donors (Lipinski definition) is 0. The predicted molar refractivity (Wildman–Crippen MR) is 44.3 cm³/mol. The van der Waals surface area contributed by atoms with E-state index in [0.29, 0.717) is 19.0 Å². The number of carbonyl (C=O) groups is 2. The molecule has 14 heavy (non-hydrogen) atoms. The molecule has 2 rings (SSSR count). The van der Waals surface area contributed by atoms with Gasteiger partial charge in [0, 0.05) is 0 Å². The fourth-order valence-corrected chi connectivity index (χ4v) is 1.42. The van der Waals surface area contributed by atoms with E-state index in [4.69, 9.17) is 9.47 Å². The van der Waals surface area contributed by atoms with Gasteiger partial charge in [-0.05, 0) is 0 Å². The van der Waals surface area contributed by atoms with Crippen LogP contribution >= 0.6 is 0 Å². The lowest BCUT2D eigenvalue weighted by molar-refractivity contribution is -0.135. The van der Waals surface area contributed by atoms with Crippen LogP contribution in [-0.2, 0) is 23.8 Å². The molecule has 2 heterocycles. The molecule has 0 aromatic heterocycles. The molecule has 0 radical (unpaired) electrons. The Morgan fingerprint density at radius 3 is 3.00 bits per heavy atom. The fraction of sp³-hybridized carbons (Fsp3) is 0.556. The Bertz CT molecular complexity index is 283. The number of aldehydes is 1. The molecule has 0 spiro atoms. The van der Waals surface area contributed by atoms with Gasteiger partial charge in [-0.1, -0.05) is 0 Å². The first-order chi connectivity index (χ1) is 6.79. The van der Waals surface area contributed by atoms with Crippen LogP contribution in [0.5, 0.6) is 0 Å². The molecule has 0 amide bonds. The third kappa shape index (κ3) is 1.77. The van der Waals surface area contributed by atoms with Crippen LogP contribution in [0.3, 0.4) is 0 Å². The maximum Gasteiger partial charge on any atom is 0.334 e. The summed E-state index contributed by atoms with van der Waals surface area (Å²) in [5.74, 6) is -0.175. The summed E-state index contributed by atoms with van der Waals surface area (Å²) in [6.45, 7) is 0.923. The lowest BCUT2D eigenvalue weighted by atomic mass is 10.1. The van der Waals surface area contributed by atoms with E-state index in [9.17, 15) is 9.59 Å². The number of cyclic esters (lactones) is 1. The van der Waals surface area contributed by atoms with Crippen molar-refractivity contribution in [3.63, 3.8) is 0 Å². The Balaban J connectivity index is 1.93. The molecular weight excluding hydrogens is 188 g/mol. The molecular formula is C9H10O5.